The lowest BCUT2D eigenvalue weighted by Gasteiger charge is -2.22. The van der Waals surface area contributed by atoms with Crippen molar-refractivity contribution in [2.24, 2.45) is 5.92 Å². The second-order valence-electron chi connectivity index (χ2n) is 4.41. The fourth-order valence-electron chi connectivity index (χ4n) is 2.16. The van der Waals surface area contributed by atoms with Crippen molar-refractivity contribution in [2.45, 2.75) is 44.9 Å². The Kier molecular flexibility index (Phi) is 6.69. The minimum absolute atomic E-state index is 0.0406. The van der Waals surface area contributed by atoms with Gasteiger partial charge >= 0.3 is 0 Å². The van der Waals surface area contributed by atoms with Gasteiger partial charge in [-0.25, -0.2) is 0 Å². The summed E-state index contributed by atoms with van der Waals surface area (Å²) in [6, 6.07) is 5.51. The predicted octanol–water partition coefficient (Wildman–Crippen LogP) is 6.49. The van der Waals surface area contributed by atoms with E-state index in [2.05, 4.69) is 13.8 Å². The summed E-state index contributed by atoms with van der Waals surface area (Å²) in [7, 11) is 0. The van der Waals surface area contributed by atoms with Crippen molar-refractivity contribution < 1.29 is 0 Å². The Morgan fingerprint density at radius 2 is 1.65 bits per heavy atom. The van der Waals surface area contributed by atoms with E-state index < -0.39 is 0 Å². The van der Waals surface area contributed by atoms with Gasteiger partial charge in [0.25, 0.3) is 0 Å². The lowest BCUT2D eigenvalue weighted by Crippen LogP contribution is -2.08. The van der Waals surface area contributed by atoms with Gasteiger partial charge in [0.05, 0.1) is 5.38 Å². The van der Waals surface area contributed by atoms with Crippen molar-refractivity contribution in [2.75, 3.05) is 0 Å². The molecule has 0 spiro atoms. The third-order valence-corrected chi connectivity index (χ3v) is 4.16. The van der Waals surface area contributed by atoms with Gasteiger partial charge in [-0.2, -0.15) is 0 Å². The molecule has 0 aromatic heterocycles. The summed E-state index contributed by atoms with van der Waals surface area (Å²) in [5.74, 6) is 0.475. The lowest BCUT2D eigenvalue weighted by molar-refractivity contribution is 0.426. The Labute approximate surface area is 119 Å². The van der Waals surface area contributed by atoms with Gasteiger partial charge in [0, 0.05) is 10.0 Å². The summed E-state index contributed by atoms with van der Waals surface area (Å²) in [5.41, 5.74) is 0.965. The number of alkyl halides is 1. The molecule has 3 heteroatoms. The van der Waals surface area contributed by atoms with E-state index >= 15 is 0 Å². The quantitative estimate of drug-likeness (QED) is 0.526. The zero-order valence-corrected chi connectivity index (χ0v) is 12.6. The summed E-state index contributed by atoms with van der Waals surface area (Å²) < 4.78 is 0. The number of halogens is 3. The molecule has 17 heavy (non-hydrogen) atoms. The standard InChI is InChI=1S/C14H19Cl3/c1-3-5-10(6-4-2)14(17)12-9-11(15)7-8-13(12)16/h7-10,14H,3-6H2,1-2H3. The molecule has 0 amide bonds. The highest BCUT2D eigenvalue weighted by Gasteiger charge is 2.21. The Bertz CT molecular complexity index is 343. The maximum absolute atomic E-state index is 6.56. The molecule has 96 valence electrons. The van der Waals surface area contributed by atoms with Gasteiger partial charge in [0.1, 0.15) is 0 Å². The van der Waals surface area contributed by atoms with Crippen LogP contribution in [0.5, 0.6) is 0 Å². The Morgan fingerprint density at radius 1 is 1.06 bits per heavy atom. The minimum atomic E-state index is -0.0406. The van der Waals surface area contributed by atoms with E-state index in [-0.39, 0.29) is 5.38 Å². The smallest absolute Gasteiger partial charge is 0.0628 e. The number of benzene rings is 1. The molecule has 0 saturated heterocycles. The van der Waals surface area contributed by atoms with Crippen LogP contribution in [0, 0.1) is 5.92 Å². The van der Waals surface area contributed by atoms with Crippen molar-refractivity contribution >= 4 is 34.8 Å². The Hall–Kier alpha value is 0.0900. The minimum Gasteiger partial charge on any atom is -0.117 e. The summed E-state index contributed by atoms with van der Waals surface area (Å²) in [4.78, 5) is 0. The van der Waals surface area contributed by atoms with E-state index in [9.17, 15) is 0 Å². The molecule has 0 aliphatic heterocycles. The maximum atomic E-state index is 6.56. The SMILES string of the molecule is CCCC(CCC)C(Cl)c1cc(Cl)ccc1Cl. The first kappa shape index (κ1) is 15.1. The van der Waals surface area contributed by atoms with Crippen LogP contribution in [0.1, 0.15) is 50.5 Å². The number of hydrogen-bond acceptors (Lipinski definition) is 0. The van der Waals surface area contributed by atoms with E-state index in [1.165, 1.54) is 0 Å². The molecule has 0 N–H and O–H groups in total. The molecule has 1 unspecified atom stereocenters. The highest BCUT2D eigenvalue weighted by Crippen LogP contribution is 2.39. The van der Waals surface area contributed by atoms with Crippen molar-refractivity contribution in [1.82, 2.24) is 0 Å². The number of rotatable bonds is 6. The molecular weight excluding hydrogens is 275 g/mol. The molecule has 0 aliphatic carbocycles. The molecule has 0 heterocycles. The molecular formula is C14H19Cl3. The molecule has 1 aromatic rings. The van der Waals surface area contributed by atoms with E-state index in [4.69, 9.17) is 34.8 Å². The zero-order chi connectivity index (χ0) is 12.8. The first-order valence-electron chi connectivity index (χ1n) is 6.19. The van der Waals surface area contributed by atoms with Gasteiger partial charge in [0.2, 0.25) is 0 Å². The van der Waals surface area contributed by atoms with Gasteiger partial charge in [0.15, 0.2) is 0 Å². The second-order valence-corrected chi connectivity index (χ2v) is 5.72. The van der Waals surface area contributed by atoms with Crippen LogP contribution < -0.4 is 0 Å². The van der Waals surface area contributed by atoms with Gasteiger partial charge in [-0.1, -0.05) is 49.9 Å². The first-order chi connectivity index (χ1) is 8.10. The molecule has 0 radical (unpaired) electrons. The largest absolute Gasteiger partial charge is 0.117 e. The van der Waals surface area contributed by atoms with Crippen LogP contribution in [0.4, 0.5) is 0 Å². The van der Waals surface area contributed by atoms with Crippen molar-refractivity contribution in [3.63, 3.8) is 0 Å². The van der Waals surface area contributed by atoms with Crippen LogP contribution in [0.15, 0.2) is 18.2 Å². The van der Waals surface area contributed by atoms with E-state index in [0.29, 0.717) is 16.0 Å². The normalized spacial score (nSPS) is 13.1. The number of hydrogen-bond donors (Lipinski definition) is 0. The Morgan fingerprint density at radius 3 is 2.18 bits per heavy atom. The topological polar surface area (TPSA) is 0 Å². The van der Waals surface area contributed by atoms with E-state index in [1.807, 2.05) is 12.1 Å². The van der Waals surface area contributed by atoms with Crippen molar-refractivity contribution in [1.29, 1.82) is 0 Å². The average molecular weight is 294 g/mol. The average Bonchev–Trinajstić information content (AvgIpc) is 2.31. The molecule has 0 aliphatic rings. The van der Waals surface area contributed by atoms with Gasteiger partial charge in [-0.3, -0.25) is 0 Å². The zero-order valence-electron chi connectivity index (χ0n) is 10.3. The monoisotopic (exact) mass is 292 g/mol. The lowest BCUT2D eigenvalue weighted by atomic mass is 9.90. The summed E-state index contributed by atoms with van der Waals surface area (Å²) in [6.07, 6.45) is 4.55. The summed E-state index contributed by atoms with van der Waals surface area (Å²) >= 11 is 18.8. The molecule has 0 bridgehead atoms. The van der Waals surface area contributed by atoms with Crippen LogP contribution in [-0.4, -0.2) is 0 Å². The second kappa shape index (κ2) is 7.51. The highest BCUT2D eigenvalue weighted by molar-refractivity contribution is 6.34. The highest BCUT2D eigenvalue weighted by atomic mass is 35.5. The molecule has 0 saturated carbocycles. The fraction of sp³-hybridized carbons (Fsp3) is 0.571. The molecule has 1 rings (SSSR count). The Balaban J connectivity index is 2.91. The first-order valence-corrected chi connectivity index (χ1v) is 7.38. The van der Waals surface area contributed by atoms with E-state index in [0.717, 1.165) is 31.2 Å². The predicted molar refractivity (Wildman–Crippen MR) is 78.4 cm³/mol. The van der Waals surface area contributed by atoms with Crippen LogP contribution in [0.3, 0.4) is 0 Å². The third-order valence-electron chi connectivity index (χ3n) is 2.99. The molecule has 0 nitrogen and oxygen atoms in total. The molecule has 1 atom stereocenters. The summed E-state index contributed by atoms with van der Waals surface area (Å²) in [5, 5.41) is 1.37. The summed E-state index contributed by atoms with van der Waals surface area (Å²) in [6.45, 7) is 4.37. The van der Waals surface area contributed by atoms with Crippen LogP contribution in [0.25, 0.3) is 0 Å². The van der Waals surface area contributed by atoms with Gasteiger partial charge < -0.3 is 0 Å². The van der Waals surface area contributed by atoms with Crippen LogP contribution in [0.2, 0.25) is 10.0 Å². The van der Waals surface area contributed by atoms with Gasteiger partial charge in [-0.15, -0.1) is 11.6 Å². The maximum Gasteiger partial charge on any atom is 0.0628 e. The van der Waals surface area contributed by atoms with Crippen LogP contribution in [-0.2, 0) is 0 Å². The van der Waals surface area contributed by atoms with Crippen molar-refractivity contribution in [3.05, 3.63) is 33.8 Å². The molecule has 1 aromatic carbocycles. The van der Waals surface area contributed by atoms with Gasteiger partial charge in [-0.05, 0) is 42.5 Å². The van der Waals surface area contributed by atoms with E-state index in [1.54, 1.807) is 6.07 Å². The van der Waals surface area contributed by atoms with Crippen molar-refractivity contribution in [3.8, 4) is 0 Å². The third kappa shape index (κ3) is 4.35. The van der Waals surface area contributed by atoms with Crippen LogP contribution >= 0.6 is 34.8 Å². The molecule has 0 fully saturated rings. The fourth-order valence-corrected chi connectivity index (χ4v) is 3.06.